The van der Waals surface area contributed by atoms with Crippen LogP contribution in [0.15, 0.2) is 0 Å². The lowest BCUT2D eigenvalue weighted by molar-refractivity contribution is -0.0867. The minimum Gasteiger partial charge on any atom is -0.356 e. The highest BCUT2D eigenvalue weighted by atomic mass is 16.7. The van der Waals surface area contributed by atoms with Crippen molar-refractivity contribution in [2.24, 2.45) is 0 Å². The van der Waals surface area contributed by atoms with Crippen LogP contribution < -0.4 is 0 Å². The first-order valence-electron chi connectivity index (χ1n) is 3.31. The normalized spacial score (nSPS) is 13.7. The van der Waals surface area contributed by atoms with Crippen LogP contribution in [0.2, 0.25) is 0 Å². The van der Waals surface area contributed by atoms with Gasteiger partial charge in [-0.2, -0.15) is 0 Å². The van der Waals surface area contributed by atoms with E-state index < -0.39 is 0 Å². The van der Waals surface area contributed by atoms with Crippen LogP contribution in [0.5, 0.6) is 0 Å². The highest BCUT2D eigenvalue weighted by molar-refractivity contribution is 4.47. The second-order valence-corrected chi connectivity index (χ2v) is 1.89. The monoisotopic (exact) mass is 131 g/mol. The van der Waals surface area contributed by atoms with Gasteiger partial charge < -0.3 is 9.47 Å². The Kier molecular flexibility index (Phi) is 5.99. The van der Waals surface area contributed by atoms with Crippen molar-refractivity contribution in [2.45, 2.75) is 33.0 Å². The lowest BCUT2D eigenvalue weighted by Crippen LogP contribution is -2.07. The number of methoxy groups -OCH3 is 1. The van der Waals surface area contributed by atoms with Gasteiger partial charge in [0.1, 0.15) is 0 Å². The first kappa shape index (κ1) is 8.92. The van der Waals surface area contributed by atoms with E-state index in [-0.39, 0.29) is 6.29 Å². The molecular formula is C7H15O2. The van der Waals surface area contributed by atoms with Crippen LogP contribution in [0.4, 0.5) is 0 Å². The zero-order valence-corrected chi connectivity index (χ0v) is 6.39. The summed E-state index contributed by atoms with van der Waals surface area (Å²) in [7, 11) is 1.63. The predicted octanol–water partition coefficient (Wildman–Crippen LogP) is 1.96. The van der Waals surface area contributed by atoms with Gasteiger partial charge in [-0.15, -0.1) is 0 Å². The lowest BCUT2D eigenvalue weighted by Gasteiger charge is -2.08. The SMILES string of the molecule is CCC[CH]OC(C)OC. The number of rotatable bonds is 5. The smallest absolute Gasteiger partial charge is 0.154 e. The van der Waals surface area contributed by atoms with Crippen LogP contribution in [0.1, 0.15) is 26.7 Å². The van der Waals surface area contributed by atoms with Gasteiger partial charge in [0.15, 0.2) is 6.29 Å². The van der Waals surface area contributed by atoms with Crippen molar-refractivity contribution in [1.29, 1.82) is 0 Å². The Morgan fingerprint density at radius 1 is 1.56 bits per heavy atom. The first-order valence-corrected chi connectivity index (χ1v) is 3.31. The molecule has 0 rings (SSSR count). The molecule has 0 N–H and O–H groups in total. The Labute approximate surface area is 57.2 Å². The molecule has 0 aromatic rings. The molecule has 0 aromatic carbocycles. The van der Waals surface area contributed by atoms with Gasteiger partial charge in [0, 0.05) is 7.11 Å². The van der Waals surface area contributed by atoms with Crippen molar-refractivity contribution in [1.82, 2.24) is 0 Å². The van der Waals surface area contributed by atoms with Crippen LogP contribution >= 0.6 is 0 Å². The number of hydrogen-bond acceptors (Lipinski definition) is 2. The molecule has 0 amide bonds. The summed E-state index contributed by atoms with van der Waals surface area (Å²) in [6.07, 6.45) is 2.01. The maximum Gasteiger partial charge on any atom is 0.154 e. The molecule has 0 saturated carbocycles. The zero-order valence-electron chi connectivity index (χ0n) is 6.39. The second-order valence-electron chi connectivity index (χ2n) is 1.89. The molecule has 0 aromatic heterocycles. The van der Waals surface area contributed by atoms with Crippen molar-refractivity contribution >= 4 is 0 Å². The fourth-order valence-corrected chi connectivity index (χ4v) is 0.377. The molecule has 55 valence electrons. The standard InChI is InChI=1S/C7H15O2/c1-4-5-6-9-7(2)8-3/h6-7H,4-5H2,1-3H3. The van der Waals surface area contributed by atoms with Crippen molar-refractivity contribution < 1.29 is 9.47 Å². The van der Waals surface area contributed by atoms with Gasteiger partial charge in [-0.25, -0.2) is 0 Å². The second kappa shape index (κ2) is 6.05. The van der Waals surface area contributed by atoms with Crippen molar-refractivity contribution in [3.63, 3.8) is 0 Å². The highest BCUT2D eigenvalue weighted by Gasteiger charge is 1.95. The Bertz CT molecular complexity index is 54.9. The minimum atomic E-state index is -0.100. The van der Waals surface area contributed by atoms with Gasteiger partial charge in [-0.1, -0.05) is 13.3 Å². The summed E-state index contributed by atoms with van der Waals surface area (Å²) in [5.74, 6) is 0. The summed E-state index contributed by atoms with van der Waals surface area (Å²) in [5, 5.41) is 0. The molecule has 0 aliphatic rings. The predicted molar refractivity (Wildman–Crippen MR) is 36.8 cm³/mol. The molecule has 1 atom stereocenters. The minimum absolute atomic E-state index is 0.100. The summed E-state index contributed by atoms with van der Waals surface area (Å²) >= 11 is 0. The molecule has 2 nitrogen and oxygen atoms in total. The first-order chi connectivity index (χ1) is 4.31. The third-order valence-electron chi connectivity index (χ3n) is 1.03. The van der Waals surface area contributed by atoms with E-state index in [0.29, 0.717) is 0 Å². The largest absolute Gasteiger partial charge is 0.356 e. The van der Waals surface area contributed by atoms with Gasteiger partial charge >= 0.3 is 0 Å². The van der Waals surface area contributed by atoms with Crippen LogP contribution in [0, 0.1) is 6.61 Å². The van der Waals surface area contributed by atoms with Gasteiger partial charge in [0.05, 0.1) is 6.61 Å². The topological polar surface area (TPSA) is 18.5 Å². The van der Waals surface area contributed by atoms with Gasteiger partial charge in [-0.3, -0.25) is 0 Å². The number of unbranched alkanes of at least 4 members (excludes halogenated alkanes) is 1. The molecule has 0 aliphatic heterocycles. The fraction of sp³-hybridized carbons (Fsp3) is 0.857. The van der Waals surface area contributed by atoms with E-state index in [4.69, 9.17) is 9.47 Å². The molecule has 1 radical (unpaired) electrons. The molecule has 0 saturated heterocycles. The van der Waals surface area contributed by atoms with Crippen LogP contribution in [0.3, 0.4) is 0 Å². The van der Waals surface area contributed by atoms with Gasteiger partial charge in [-0.05, 0) is 13.3 Å². The molecule has 0 aliphatic carbocycles. The molecule has 2 heteroatoms. The van der Waals surface area contributed by atoms with E-state index in [0.717, 1.165) is 12.8 Å². The van der Waals surface area contributed by atoms with Crippen molar-refractivity contribution in [3.8, 4) is 0 Å². The Hall–Kier alpha value is -0.0800. The van der Waals surface area contributed by atoms with E-state index >= 15 is 0 Å². The Balaban J connectivity index is 2.88. The number of hydrogen-bond donors (Lipinski definition) is 0. The van der Waals surface area contributed by atoms with Crippen LogP contribution in [-0.2, 0) is 9.47 Å². The third kappa shape index (κ3) is 5.80. The molecule has 0 heterocycles. The van der Waals surface area contributed by atoms with Crippen LogP contribution in [0.25, 0.3) is 0 Å². The van der Waals surface area contributed by atoms with E-state index in [2.05, 4.69) is 6.92 Å². The van der Waals surface area contributed by atoms with E-state index in [1.54, 1.807) is 13.7 Å². The molecule has 0 bridgehead atoms. The maximum atomic E-state index is 5.08. The van der Waals surface area contributed by atoms with E-state index in [1.165, 1.54) is 0 Å². The molecule has 0 spiro atoms. The highest BCUT2D eigenvalue weighted by Crippen LogP contribution is 1.98. The summed E-state index contributed by atoms with van der Waals surface area (Å²) in [6, 6.07) is 0. The molecule has 9 heavy (non-hydrogen) atoms. The van der Waals surface area contributed by atoms with E-state index in [9.17, 15) is 0 Å². The Morgan fingerprint density at radius 2 is 2.22 bits per heavy atom. The average Bonchev–Trinajstić information content (AvgIpc) is 1.89. The lowest BCUT2D eigenvalue weighted by atomic mass is 10.4. The molecule has 0 fully saturated rings. The van der Waals surface area contributed by atoms with E-state index in [1.807, 2.05) is 6.92 Å². The van der Waals surface area contributed by atoms with Crippen molar-refractivity contribution in [2.75, 3.05) is 7.11 Å². The summed E-state index contributed by atoms with van der Waals surface area (Å²) in [4.78, 5) is 0. The van der Waals surface area contributed by atoms with Crippen molar-refractivity contribution in [3.05, 3.63) is 6.61 Å². The zero-order chi connectivity index (χ0) is 7.11. The quantitative estimate of drug-likeness (QED) is 0.419. The Morgan fingerprint density at radius 3 is 2.67 bits per heavy atom. The van der Waals surface area contributed by atoms with Gasteiger partial charge in [0.25, 0.3) is 0 Å². The number of ether oxygens (including phenoxy) is 2. The third-order valence-corrected chi connectivity index (χ3v) is 1.03. The summed E-state index contributed by atoms with van der Waals surface area (Å²) in [5.41, 5.74) is 0. The summed E-state index contributed by atoms with van der Waals surface area (Å²) < 4.78 is 9.93. The maximum absolute atomic E-state index is 5.08. The average molecular weight is 131 g/mol. The summed E-state index contributed by atoms with van der Waals surface area (Å²) in [6.45, 7) is 5.76. The van der Waals surface area contributed by atoms with Crippen LogP contribution in [-0.4, -0.2) is 13.4 Å². The van der Waals surface area contributed by atoms with Gasteiger partial charge in [0.2, 0.25) is 0 Å². The fourth-order valence-electron chi connectivity index (χ4n) is 0.377. The molecular weight excluding hydrogens is 116 g/mol. The molecule has 1 unspecified atom stereocenters.